The lowest BCUT2D eigenvalue weighted by molar-refractivity contribution is -0.167. The summed E-state index contributed by atoms with van der Waals surface area (Å²) in [4.78, 5) is 37.5. The Morgan fingerprint density at radius 1 is 0.308 bits per heavy atom. The molecule has 1 atom stereocenters. The zero-order valence-corrected chi connectivity index (χ0v) is 35.1. The predicted molar refractivity (Wildman–Crippen MR) is 220 cm³/mol. The number of hydrogen-bond acceptors (Lipinski definition) is 6. The van der Waals surface area contributed by atoms with E-state index in [9.17, 15) is 14.4 Å². The van der Waals surface area contributed by atoms with Gasteiger partial charge in [0.15, 0.2) is 6.10 Å². The van der Waals surface area contributed by atoms with Gasteiger partial charge in [-0.3, -0.25) is 14.4 Å². The van der Waals surface area contributed by atoms with Gasteiger partial charge in [-0.15, -0.1) is 0 Å². The smallest absolute Gasteiger partial charge is 0.306 e. The van der Waals surface area contributed by atoms with Crippen LogP contribution in [0.15, 0.2) is 0 Å². The molecule has 0 spiro atoms. The van der Waals surface area contributed by atoms with Crippen LogP contribution in [0, 0.1) is 0 Å². The maximum Gasteiger partial charge on any atom is 0.306 e. The van der Waals surface area contributed by atoms with Crippen molar-refractivity contribution in [2.75, 3.05) is 13.2 Å². The summed E-state index contributed by atoms with van der Waals surface area (Å²) in [5, 5.41) is 0. The fourth-order valence-corrected chi connectivity index (χ4v) is 6.85. The molecule has 52 heavy (non-hydrogen) atoms. The van der Waals surface area contributed by atoms with Crippen molar-refractivity contribution >= 4 is 17.9 Å². The Morgan fingerprint density at radius 2 is 0.519 bits per heavy atom. The number of carbonyl (C=O) groups excluding carboxylic acids is 3. The fraction of sp³-hybridized carbons (Fsp3) is 0.935. The number of ether oxygens (including phenoxy) is 3. The molecule has 0 fully saturated rings. The van der Waals surface area contributed by atoms with E-state index in [1.54, 1.807) is 0 Å². The van der Waals surface area contributed by atoms with Gasteiger partial charge in [0.2, 0.25) is 0 Å². The van der Waals surface area contributed by atoms with Crippen molar-refractivity contribution in [3.05, 3.63) is 0 Å². The van der Waals surface area contributed by atoms with Crippen molar-refractivity contribution < 1.29 is 28.6 Å². The molecule has 0 aromatic carbocycles. The molecule has 6 nitrogen and oxygen atoms in total. The van der Waals surface area contributed by atoms with Crippen LogP contribution in [0.1, 0.15) is 258 Å². The maximum atomic E-state index is 12.7. The average molecular weight is 737 g/mol. The minimum atomic E-state index is -0.756. The number of rotatable bonds is 42. The number of esters is 3. The normalized spacial score (nSPS) is 11.8. The largest absolute Gasteiger partial charge is 0.462 e. The van der Waals surface area contributed by atoms with E-state index in [0.717, 1.165) is 57.8 Å². The Balaban J connectivity index is 4.18. The molecule has 6 heteroatoms. The molecule has 308 valence electrons. The monoisotopic (exact) mass is 737 g/mol. The standard InChI is InChI=1S/C46H88O6/c1-4-7-10-13-16-18-19-20-21-22-23-24-25-26-28-31-34-37-40-46(49)52-43(41-50-44(47)38-35-32-29-15-12-9-6-3)42-51-45(48)39-36-33-30-27-17-14-11-8-5-2/h43H,4-42H2,1-3H3/t43-/m0/s1. The lowest BCUT2D eigenvalue weighted by Crippen LogP contribution is -2.30. The van der Waals surface area contributed by atoms with Crippen LogP contribution in [0.5, 0.6) is 0 Å². The highest BCUT2D eigenvalue weighted by molar-refractivity contribution is 5.71. The van der Waals surface area contributed by atoms with Crippen molar-refractivity contribution in [3.63, 3.8) is 0 Å². The van der Waals surface area contributed by atoms with Gasteiger partial charge in [-0.25, -0.2) is 0 Å². The van der Waals surface area contributed by atoms with E-state index in [2.05, 4.69) is 20.8 Å². The third-order valence-corrected chi connectivity index (χ3v) is 10.4. The SMILES string of the molecule is CCCCCCCCCCCCCCCCCCCCC(=O)O[C@@H](COC(=O)CCCCCCCCC)COC(=O)CCCCCCCCCCC. The highest BCUT2D eigenvalue weighted by Crippen LogP contribution is 2.16. The first kappa shape index (κ1) is 50.4. The van der Waals surface area contributed by atoms with Crippen LogP contribution < -0.4 is 0 Å². The van der Waals surface area contributed by atoms with Crippen molar-refractivity contribution in [1.29, 1.82) is 0 Å². The molecule has 0 unspecified atom stereocenters. The fourth-order valence-electron chi connectivity index (χ4n) is 6.85. The Kier molecular flexibility index (Phi) is 40.9. The van der Waals surface area contributed by atoms with E-state index in [1.807, 2.05) is 0 Å². The van der Waals surface area contributed by atoms with E-state index in [1.165, 1.54) is 161 Å². The zero-order valence-electron chi connectivity index (χ0n) is 35.1. The molecular weight excluding hydrogens is 648 g/mol. The maximum absolute atomic E-state index is 12.7. The highest BCUT2D eigenvalue weighted by Gasteiger charge is 2.19. The van der Waals surface area contributed by atoms with Gasteiger partial charge in [0.05, 0.1) is 0 Å². The molecule has 0 aromatic rings. The van der Waals surface area contributed by atoms with Crippen molar-refractivity contribution in [2.45, 2.75) is 264 Å². The Labute approximate surface area is 323 Å². The molecule has 0 bridgehead atoms. The Hall–Kier alpha value is -1.59. The molecule has 0 heterocycles. The summed E-state index contributed by atoms with van der Waals surface area (Å²) in [6.45, 7) is 6.60. The van der Waals surface area contributed by atoms with Gasteiger partial charge in [-0.1, -0.05) is 220 Å². The summed E-state index contributed by atoms with van der Waals surface area (Å²) >= 11 is 0. The molecule has 0 amide bonds. The van der Waals surface area contributed by atoms with Gasteiger partial charge in [-0.2, -0.15) is 0 Å². The molecule has 0 aliphatic heterocycles. The molecule has 0 aliphatic carbocycles. The summed E-state index contributed by atoms with van der Waals surface area (Å²) in [5.41, 5.74) is 0. The second kappa shape index (κ2) is 42.2. The highest BCUT2D eigenvalue weighted by atomic mass is 16.6. The van der Waals surface area contributed by atoms with Crippen molar-refractivity contribution in [1.82, 2.24) is 0 Å². The van der Waals surface area contributed by atoms with Gasteiger partial charge in [-0.05, 0) is 19.3 Å². The zero-order chi connectivity index (χ0) is 38.0. The molecule has 0 saturated heterocycles. The van der Waals surface area contributed by atoms with Crippen LogP contribution in [0.2, 0.25) is 0 Å². The third kappa shape index (κ3) is 39.6. The molecule has 0 radical (unpaired) electrons. The van der Waals surface area contributed by atoms with Gasteiger partial charge in [0.25, 0.3) is 0 Å². The molecule has 0 aliphatic rings. The summed E-state index contributed by atoms with van der Waals surface area (Å²) in [5.74, 6) is -0.861. The van der Waals surface area contributed by atoms with Gasteiger partial charge >= 0.3 is 17.9 Å². The van der Waals surface area contributed by atoms with E-state index in [0.29, 0.717) is 19.3 Å². The van der Waals surface area contributed by atoms with Crippen LogP contribution in [-0.2, 0) is 28.6 Å². The third-order valence-electron chi connectivity index (χ3n) is 10.4. The topological polar surface area (TPSA) is 78.9 Å². The molecule has 0 N–H and O–H groups in total. The van der Waals surface area contributed by atoms with E-state index in [-0.39, 0.29) is 31.1 Å². The van der Waals surface area contributed by atoms with Gasteiger partial charge in [0, 0.05) is 19.3 Å². The van der Waals surface area contributed by atoms with Crippen LogP contribution >= 0.6 is 0 Å². The first-order valence-electron chi connectivity index (χ1n) is 23.0. The minimum Gasteiger partial charge on any atom is -0.462 e. The first-order valence-corrected chi connectivity index (χ1v) is 23.0. The van der Waals surface area contributed by atoms with E-state index < -0.39 is 6.10 Å². The first-order chi connectivity index (χ1) is 25.5. The summed E-state index contributed by atoms with van der Waals surface area (Å²) in [7, 11) is 0. The number of carbonyl (C=O) groups is 3. The summed E-state index contributed by atoms with van der Waals surface area (Å²) in [6, 6.07) is 0. The number of unbranched alkanes of at least 4 members (excludes halogenated alkanes) is 31. The quantitative estimate of drug-likeness (QED) is 0.0353. The molecular formula is C46H88O6. The van der Waals surface area contributed by atoms with Crippen molar-refractivity contribution in [3.8, 4) is 0 Å². The number of hydrogen-bond donors (Lipinski definition) is 0. The second-order valence-corrected chi connectivity index (χ2v) is 15.7. The average Bonchev–Trinajstić information content (AvgIpc) is 3.14. The van der Waals surface area contributed by atoms with E-state index >= 15 is 0 Å². The van der Waals surface area contributed by atoms with Crippen LogP contribution in [-0.4, -0.2) is 37.2 Å². The molecule has 0 saturated carbocycles. The molecule has 0 aromatic heterocycles. The van der Waals surface area contributed by atoms with Gasteiger partial charge < -0.3 is 14.2 Å². The van der Waals surface area contributed by atoms with Gasteiger partial charge in [0.1, 0.15) is 13.2 Å². The lowest BCUT2D eigenvalue weighted by atomic mass is 10.0. The van der Waals surface area contributed by atoms with Crippen LogP contribution in [0.4, 0.5) is 0 Å². The summed E-state index contributed by atoms with van der Waals surface area (Å²) in [6.07, 6.45) is 42.5. The van der Waals surface area contributed by atoms with Crippen molar-refractivity contribution in [2.24, 2.45) is 0 Å². The minimum absolute atomic E-state index is 0.0637. The second-order valence-electron chi connectivity index (χ2n) is 15.7. The lowest BCUT2D eigenvalue weighted by Gasteiger charge is -2.18. The van der Waals surface area contributed by atoms with Crippen LogP contribution in [0.25, 0.3) is 0 Å². The van der Waals surface area contributed by atoms with E-state index in [4.69, 9.17) is 14.2 Å². The van der Waals surface area contributed by atoms with Crippen LogP contribution in [0.3, 0.4) is 0 Å². The predicted octanol–water partition coefficient (Wildman–Crippen LogP) is 14.5. The Morgan fingerprint density at radius 3 is 0.769 bits per heavy atom. The Bertz CT molecular complexity index is 768. The summed E-state index contributed by atoms with van der Waals surface area (Å²) < 4.78 is 16.6. The molecule has 0 rings (SSSR count).